The van der Waals surface area contributed by atoms with E-state index in [4.69, 9.17) is 4.74 Å². The first kappa shape index (κ1) is 11.5. The van der Waals surface area contributed by atoms with Crippen molar-refractivity contribution < 1.29 is 14.6 Å². The predicted octanol–water partition coefficient (Wildman–Crippen LogP) is 0.300. The molecule has 0 aromatic heterocycles. The molecular weight excluding hydrogens is 182 g/mol. The Balaban J connectivity index is 2.21. The summed E-state index contributed by atoms with van der Waals surface area (Å²) in [4.78, 5) is 11.3. The highest BCUT2D eigenvalue weighted by Gasteiger charge is 2.29. The first-order valence-electron chi connectivity index (χ1n) is 5.31. The molecule has 4 heteroatoms. The summed E-state index contributed by atoms with van der Waals surface area (Å²) in [6, 6.07) is 0. The van der Waals surface area contributed by atoms with Crippen LogP contribution in [0.15, 0.2) is 0 Å². The first-order chi connectivity index (χ1) is 6.75. The summed E-state index contributed by atoms with van der Waals surface area (Å²) < 4.78 is 4.94. The van der Waals surface area contributed by atoms with Gasteiger partial charge in [-0.25, -0.2) is 4.79 Å². The van der Waals surface area contributed by atoms with Crippen LogP contribution in [0.25, 0.3) is 0 Å². The lowest BCUT2D eigenvalue weighted by molar-refractivity contribution is -0.156. The van der Waals surface area contributed by atoms with Crippen LogP contribution in [0.2, 0.25) is 0 Å². The van der Waals surface area contributed by atoms with Crippen LogP contribution in [-0.4, -0.2) is 36.9 Å². The number of carbonyl (C=O) groups excluding carboxylic acids is 1. The summed E-state index contributed by atoms with van der Waals surface area (Å²) in [6.07, 6.45) is 1.77. The molecule has 2 unspecified atom stereocenters. The van der Waals surface area contributed by atoms with Gasteiger partial charge in [0.25, 0.3) is 0 Å². The van der Waals surface area contributed by atoms with Gasteiger partial charge in [-0.05, 0) is 19.4 Å². The van der Waals surface area contributed by atoms with E-state index in [2.05, 4.69) is 5.32 Å². The second-order valence-corrected chi connectivity index (χ2v) is 3.72. The van der Waals surface area contributed by atoms with Crippen LogP contribution in [0.1, 0.15) is 26.2 Å². The predicted molar refractivity (Wildman–Crippen MR) is 52.9 cm³/mol. The molecule has 1 saturated heterocycles. The van der Waals surface area contributed by atoms with E-state index in [1.165, 1.54) is 0 Å². The number of aliphatic hydroxyl groups excluding tert-OH is 1. The second-order valence-electron chi connectivity index (χ2n) is 3.72. The van der Waals surface area contributed by atoms with E-state index < -0.39 is 12.1 Å². The number of unbranched alkanes of at least 4 members (excludes halogenated alkanes) is 1. The van der Waals surface area contributed by atoms with E-state index in [-0.39, 0.29) is 5.92 Å². The highest BCUT2D eigenvalue weighted by Crippen LogP contribution is 2.13. The third kappa shape index (κ3) is 3.27. The molecule has 1 heterocycles. The molecule has 2 N–H and O–H groups in total. The van der Waals surface area contributed by atoms with Crippen LogP contribution in [-0.2, 0) is 9.53 Å². The maximum Gasteiger partial charge on any atom is 0.335 e. The SMILES string of the molecule is CCCCOC(=O)C(O)C1CCNC1. The Morgan fingerprint density at radius 3 is 3.07 bits per heavy atom. The van der Waals surface area contributed by atoms with Crippen molar-refractivity contribution in [1.82, 2.24) is 5.32 Å². The fourth-order valence-electron chi connectivity index (χ4n) is 1.54. The van der Waals surface area contributed by atoms with E-state index in [1.54, 1.807) is 0 Å². The number of carbonyl (C=O) groups is 1. The van der Waals surface area contributed by atoms with Crippen molar-refractivity contribution in [2.75, 3.05) is 19.7 Å². The minimum absolute atomic E-state index is 0.0316. The van der Waals surface area contributed by atoms with Crippen molar-refractivity contribution in [1.29, 1.82) is 0 Å². The van der Waals surface area contributed by atoms with Gasteiger partial charge in [0.2, 0.25) is 0 Å². The van der Waals surface area contributed by atoms with Gasteiger partial charge in [0, 0.05) is 12.5 Å². The largest absolute Gasteiger partial charge is 0.464 e. The summed E-state index contributed by atoms with van der Waals surface area (Å²) in [5.41, 5.74) is 0. The minimum Gasteiger partial charge on any atom is -0.464 e. The summed E-state index contributed by atoms with van der Waals surface area (Å²) in [5.74, 6) is -0.434. The van der Waals surface area contributed by atoms with Gasteiger partial charge >= 0.3 is 5.97 Å². The standard InChI is InChI=1S/C10H19NO3/c1-2-3-6-14-10(13)9(12)8-4-5-11-7-8/h8-9,11-12H,2-7H2,1H3. The van der Waals surface area contributed by atoms with Gasteiger partial charge in [0.05, 0.1) is 6.61 Å². The first-order valence-corrected chi connectivity index (χ1v) is 5.31. The third-order valence-corrected chi connectivity index (χ3v) is 2.53. The van der Waals surface area contributed by atoms with Crippen LogP contribution in [0.5, 0.6) is 0 Å². The summed E-state index contributed by atoms with van der Waals surface area (Å²) in [7, 11) is 0. The zero-order valence-electron chi connectivity index (χ0n) is 8.66. The van der Waals surface area contributed by atoms with Gasteiger partial charge in [-0.2, -0.15) is 0 Å². The lowest BCUT2D eigenvalue weighted by Crippen LogP contribution is -2.32. The molecule has 2 atom stereocenters. The highest BCUT2D eigenvalue weighted by atomic mass is 16.5. The average Bonchev–Trinajstić information content (AvgIpc) is 2.69. The normalized spacial score (nSPS) is 23.4. The molecule has 0 aromatic rings. The van der Waals surface area contributed by atoms with E-state index in [0.717, 1.165) is 25.8 Å². The molecular formula is C10H19NO3. The maximum atomic E-state index is 11.3. The maximum absolute atomic E-state index is 11.3. The second kappa shape index (κ2) is 5.98. The Labute approximate surface area is 84.6 Å². The molecule has 0 aliphatic carbocycles. The van der Waals surface area contributed by atoms with Crippen LogP contribution in [0, 0.1) is 5.92 Å². The highest BCUT2D eigenvalue weighted by molar-refractivity contribution is 5.74. The summed E-state index contributed by atoms with van der Waals surface area (Å²) in [5, 5.41) is 12.7. The van der Waals surface area contributed by atoms with Crippen LogP contribution >= 0.6 is 0 Å². The number of rotatable bonds is 5. The fourth-order valence-corrected chi connectivity index (χ4v) is 1.54. The van der Waals surface area contributed by atoms with Gasteiger partial charge in [-0.15, -0.1) is 0 Å². The summed E-state index contributed by atoms with van der Waals surface area (Å²) >= 11 is 0. The van der Waals surface area contributed by atoms with E-state index in [0.29, 0.717) is 13.2 Å². The smallest absolute Gasteiger partial charge is 0.335 e. The summed E-state index contributed by atoms with van der Waals surface area (Å²) in [6.45, 7) is 4.05. The lowest BCUT2D eigenvalue weighted by Gasteiger charge is -2.15. The van der Waals surface area contributed by atoms with Crippen molar-refractivity contribution in [3.63, 3.8) is 0 Å². The molecule has 0 bridgehead atoms. The van der Waals surface area contributed by atoms with Crippen molar-refractivity contribution in [2.24, 2.45) is 5.92 Å². The van der Waals surface area contributed by atoms with Crippen molar-refractivity contribution in [2.45, 2.75) is 32.3 Å². The zero-order valence-corrected chi connectivity index (χ0v) is 8.66. The lowest BCUT2D eigenvalue weighted by atomic mass is 10.0. The number of nitrogens with one attached hydrogen (secondary N) is 1. The molecule has 1 rings (SSSR count). The minimum atomic E-state index is -0.943. The van der Waals surface area contributed by atoms with Crippen molar-refractivity contribution in [3.05, 3.63) is 0 Å². The molecule has 0 saturated carbocycles. The number of aliphatic hydroxyl groups is 1. The van der Waals surface area contributed by atoms with Gasteiger partial charge in [-0.1, -0.05) is 13.3 Å². The average molecular weight is 201 g/mol. The Kier molecular flexibility index (Phi) is 4.90. The topological polar surface area (TPSA) is 58.6 Å². The molecule has 82 valence electrons. The molecule has 1 aliphatic heterocycles. The molecule has 0 aromatic carbocycles. The van der Waals surface area contributed by atoms with Crippen molar-refractivity contribution in [3.8, 4) is 0 Å². The molecule has 1 aliphatic rings. The fraction of sp³-hybridized carbons (Fsp3) is 0.900. The van der Waals surface area contributed by atoms with E-state index >= 15 is 0 Å². The number of hydrogen-bond donors (Lipinski definition) is 2. The molecule has 14 heavy (non-hydrogen) atoms. The van der Waals surface area contributed by atoms with Gasteiger partial charge in [0.1, 0.15) is 0 Å². The van der Waals surface area contributed by atoms with E-state index in [1.807, 2.05) is 6.92 Å². The Morgan fingerprint density at radius 1 is 1.71 bits per heavy atom. The molecule has 1 fully saturated rings. The molecule has 0 spiro atoms. The Morgan fingerprint density at radius 2 is 2.50 bits per heavy atom. The van der Waals surface area contributed by atoms with Crippen molar-refractivity contribution >= 4 is 5.97 Å². The van der Waals surface area contributed by atoms with Crippen LogP contribution in [0.4, 0.5) is 0 Å². The zero-order chi connectivity index (χ0) is 10.4. The number of hydrogen-bond acceptors (Lipinski definition) is 4. The monoisotopic (exact) mass is 201 g/mol. The van der Waals surface area contributed by atoms with E-state index in [9.17, 15) is 9.90 Å². The number of esters is 1. The number of ether oxygens (including phenoxy) is 1. The Hall–Kier alpha value is -0.610. The molecule has 4 nitrogen and oxygen atoms in total. The van der Waals surface area contributed by atoms with Crippen LogP contribution < -0.4 is 5.32 Å². The van der Waals surface area contributed by atoms with Gasteiger partial charge in [-0.3, -0.25) is 0 Å². The van der Waals surface area contributed by atoms with Gasteiger partial charge in [0.15, 0.2) is 6.10 Å². The molecule has 0 amide bonds. The third-order valence-electron chi connectivity index (χ3n) is 2.53. The quantitative estimate of drug-likeness (QED) is 0.496. The van der Waals surface area contributed by atoms with Gasteiger partial charge < -0.3 is 15.2 Å². The Bertz CT molecular complexity index is 178. The van der Waals surface area contributed by atoms with Crippen LogP contribution in [0.3, 0.4) is 0 Å². The molecule has 0 radical (unpaired) electrons.